The highest BCUT2D eigenvalue weighted by molar-refractivity contribution is 5.77. The quantitative estimate of drug-likeness (QED) is 0.885. The molecule has 4 heteroatoms. The van der Waals surface area contributed by atoms with Crippen molar-refractivity contribution in [2.24, 2.45) is 5.92 Å². The van der Waals surface area contributed by atoms with E-state index in [1.54, 1.807) is 12.1 Å². The summed E-state index contributed by atoms with van der Waals surface area (Å²) in [4.78, 5) is 12.0. The highest BCUT2D eigenvalue weighted by Crippen LogP contribution is 2.32. The van der Waals surface area contributed by atoms with Crippen LogP contribution >= 0.6 is 0 Å². The minimum Gasteiger partial charge on any atom is -0.351 e. The summed E-state index contributed by atoms with van der Waals surface area (Å²) >= 11 is 0. The molecule has 1 saturated heterocycles. The summed E-state index contributed by atoms with van der Waals surface area (Å²) in [7, 11) is 0. The summed E-state index contributed by atoms with van der Waals surface area (Å²) < 4.78 is 13.4. The predicted octanol–water partition coefficient (Wildman–Crippen LogP) is 2.19. The van der Waals surface area contributed by atoms with E-state index in [1.165, 1.54) is 18.9 Å². The number of nitrogens with one attached hydrogen (secondary N) is 2. The fraction of sp³-hybridized carbons (Fsp3) is 0.562. The second-order valence-electron chi connectivity index (χ2n) is 5.98. The Labute approximate surface area is 118 Å². The topological polar surface area (TPSA) is 41.1 Å². The Morgan fingerprint density at radius 2 is 2.20 bits per heavy atom. The Kier molecular flexibility index (Phi) is 4.01. The summed E-state index contributed by atoms with van der Waals surface area (Å²) in [5, 5.41) is 6.45. The molecule has 1 heterocycles. The maximum absolute atomic E-state index is 13.4. The smallest absolute Gasteiger partial charge is 0.220 e. The molecule has 2 N–H and O–H groups in total. The van der Waals surface area contributed by atoms with E-state index in [9.17, 15) is 9.18 Å². The van der Waals surface area contributed by atoms with Gasteiger partial charge in [-0.15, -0.1) is 0 Å². The highest BCUT2D eigenvalue weighted by atomic mass is 19.1. The molecule has 0 bridgehead atoms. The van der Waals surface area contributed by atoms with Gasteiger partial charge in [-0.2, -0.15) is 0 Å². The van der Waals surface area contributed by atoms with Gasteiger partial charge >= 0.3 is 0 Å². The Morgan fingerprint density at radius 3 is 2.95 bits per heavy atom. The SMILES string of the molecule is O=C(CC1CC1)NC1CNCCC1c1cccc(F)c1. The van der Waals surface area contributed by atoms with Gasteiger partial charge in [0.25, 0.3) is 0 Å². The van der Waals surface area contributed by atoms with Gasteiger partial charge in [-0.1, -0.05) is 12.1 Å². The van der Waals surface area contributed by atoms with E-state index in [0.717, 1.165) is 25.1 Å². The van der Waals surface area contributed by atoms with Crippen LogP contribution in [0.4, 0.5) is 4.39 Å². The average Bonchev–Trinajstić information content (AvgIpc) is 3.23. The number of benzene rings is 1. The number of rotatable bonds is 4. The maximum atomic E-state index is 13.4. The number of amides is 1. The van der Waals surface area contributed by atoms with Crippen molar-refractivity contribution >= 4 is 5.91 Å². The van der Waals surface area contributed by atoms with E-state index < -0.39 is 0 Å². The minimum absolute atomic E-state index is 0.0665. The third-order valence-electron chi connectivity index (χ3n) is 4.28. The summed E-state index contributed by atoms with van der Waals surface area (Å²) in [6.45, 7) is 1.67. The number of halogens is 1. The molecule has 1 aliphatic carbocycles. The van der Waals surface area contributed by atoms with Gasteiger partial charge in [0.1, 0.15) is 5.82 Å². The molecule has 1 aliphatic heterocycles. The van der Waals surface area contributed by atoms with Gasteiger partial charge in [0.05, 0.1) is 0 Å². The Bertz CT molecular complexity index is 487. The lowest BCUT2D eigenvalue weighted by molar-refractivity contribution is -0.122. The van der Waals surface area contributed by atoms with Crippen molar-refractivity contribution < 1.29 is 9.18 Å². The van der Waals surface area contributed by atoms with Gasteiger partial charge in [-0.25, -0.2) is 4.39 Å². The van der Waals surface area contributed by atoms with Crippen LogP contribution in [-0.4, -0.2) is 25.0 Å². The highest BCUT2D eigenvalue weighted by Gasteiger charge is 2.30. The summed E-state index contributed by atoms with van der Waals surface area (Å²) in [6, 6.07) is 6.83. The molecule has 2 unspecified atom stereocenters. The van der Waals surface area contributed by atoms with Crippen LogP contribution in [0.25, 0.3) is 0 Å². The Balaban J connectivity index is 1.68. The molecule has 108 valence electrons. The van der Waals surface area contributed by atoms with Crippen LogP contribution in [0, 0.1) is 11.7 Å². The van der Waals surface area contributed by atoms with Crippen LogP contribution < -0.4 is 10.6 Å². The van der Waals surface area contributed by atoms with E-state index in [1.807, 2.05) is 6.07 Å². The van der Waals surface area contributed by atoms with Crippen molar-refractivity contribution in [2.75, 3.05) is 13.1 Å². The van der Waals surface area contributed by atoms with E-state index in [-0.39, 0.29) is 23.7 Å². The molecule has 1 saturated carbocycles. The monoisotopic (exact) mass is 276 g/mol. The summed E-state index contributed by atoms with van der Waals surface area (Å²) in [6.07, 6.45) is 3.94. The van der Waals surface area contributed by atoms with E-state index in [0.29, 0.717) is 12.3 Å². The van der Waals surface area contributed by atoms with Crippen LogP contribution in [0.5, 0.6) is 0 Å². The molecule has 0 spiro atoms. The molecule has 3 rings (SSSR count). The Hall–Kier alpha value is -1.42. The molecule has 1 aromatic carbocycles. The van der Waals surface area contributed by atoms with Gasteiger partial charge in [0, 0.05) is 24.9 Å². The molecule has 2 atom stereocenters. The zero-order chi connectivity index (χ0) is 13.9. The molecule has 3 nitrogen and oxygen atoms in total. The van der Waals surface area contributed by atoms with Gasteiger partial charge in [-0.05, 0) is 49.4 Å². The number of hydrogen-bond donors (Lipinski definition) is 2. The molecular weight excluding hydrogens is 255 g/mol. The first-order chi connectivity index (χ1) is 9.72. The lowest BCUT2D eigenvalue weighted by Gasteiger charge is -2.33. The summed E-state index contributed by atoms with van der Waals surface area (Å²) in [5.74, 6) is 0.737. The fourth-order valence-electron chi connectivity index (χ4n) is 3.00. The minimum atomic E-state index is -0.205. The van der Waals surface area contributed by atoms with Crippen molar-refractivity contribution in [2.45, 2.75) is 37.6 Å². The van der Waals surface area contributed by atoms with E-state index in [2.05, 4.69) is 10.6 Å². The maximum Gasteiger partial charge on any atom is 0.220 e. The number of carbonyl (C=O) groups is 1. The van der Waals surface area contributed by atoms with Crippen molar-refractivity contribution in [3.05, 3.63) is 35.6 Å². The van der Waals surface area contributed by atoms with Crippen molar-refractivity contribution in [3.8, 4) is 0 Å². The lowest BCUT2D eigenvalue weighted by atomic mass is 9.86. The zero-order valence-corrected chi connectivity index (χ0v) is 11.6. The molecule has 1 aromatic rings. The average molecular weight is 276 g/mol. The van der Waals surface area contributed by atoms with Gasteiger partial charge in [0.2, 0.25) is 5.91 Å². The third-order valence-corrected chi connectivity index (χ3v) is 4.28. The predicted molar refractivity (Wildman–Crippen MR) is 75.9 cm³/mol. The fourth-order valence-corrected chi connectivity index (χ4v) is 3.00. The molecule has 0 radical (unpaired) electrons. The Morgan fingerprint density at radius 1 is 1.35 bits per heavy atom. The number of carbonyl (C=O) groups excluding carboxylic acids is 1. The van der Waals surface area contributed by atoms with Crippen LogP contribution in [0.3, 0.4) is 0 Å². The first-order valence-corrected chi connectivity index (χ1v) is 7.48. The summed E-state index contributed by atoms with van der Waals surface area (Å²) in [5.41, 5.74) is 0.989. The van der Waals surface area contributed by atoms with Gasteiger partial charge < -0.3 is 10.6 Å². The molecule has 0 aromatic heterocycles. The number of piperidine rings is 1. The molecular formula is C16H21FN2O. The van der Waals surface area contributed by atoms with Crippen LogP contribution in [-0.2, 0) is 4.79 Å². The van der Waals surface area contributed by atoms with Crippen LogP contribution in [0.15, 0.2) is 24.3 Å². The second kappa shape index (κ2) is 5.92. The molecule has 20 heavy (non-hydrogen) atoms. The molecule has 2 fully saturated rings. The largest absolute Gasteiger partial charge is 0.351 e. The first-order valence-electron chi connectivity index (χ1n) is 7.48. The van der Waals surface area contributed by atoms with E-state index >= 15 is 0 Å². The lowest BCUT2D eigenvalue weighted by Crippen LogP contribution is -2.50. The van der Waals surface area contributed by atoms with Crippen LogP contribution in [0.2, 0.25) is 0 Å². The van der Waals surface area contributed by atoms with Crippen LogP contribution in [0.1, 0.15) is 37.2 Å². The zero-order valence-electron chi connectivity index (χ0n) is 11.6. The molecule has 1 amide bonds. The van der Waals surface area contributed by atoms with Crippen molar-refractivity contribution in [1.29, 1.82) is 0 Å². The third kappa shape index (κ3) is 3.37. The normalized spacial score (nSPS) is 26.2. The van der Waals surface area contributed by atoms with Crippen molar-refractivity contribution in [1.82, 2.24) is 10.6 Å². The number of hydrogen-bond acceptors (Lipinski definition) is 2. The van der Waals surface area contributed by atoms with E-state index in [4.69, 9.17) is 0 Å². The second-order valence-corrected chi connectivity index (χ2v) is 5.98. The van der Waals surface area contributed by atoms with Gasteiger partial charge in [0.15, 0.2) is 0 Å². The first kappa shape index (κ1) is 13.6. The van der Waals surface area contributed by atoms with Gasteiger partial charge in [-0.3, -0.25) is 4.79 Å². The molecule has 2 aliphatic rings. The standard InChI is InChI=1S/C16H21FN2O/c17-13-3-1-2-12(9-13)14-6-7-18-10-15(14)19-16(20)8-11-4-5-11/h1-3,9,11,14-15,18H,4-8,10H2,(H,19,20). The van der Waals surface area contributed by atoms with Crippen molar-refractivity contribution in [3.63, 3.8) is 0 Å².